The van der Waals surface area contributed by atoms with Crippen molar-refractivity contribution in [3.63, 3.8) is 0 Å². The average Bonchev–Trinajstić information content (AvgIpc) is 3.31. The monoisotopic (exact) mass is 416 g/mol. The van der Waals surface area contributed by atoms with Gasteiger partial charge < -0.3 is 5.32 Å². The predicted molar refractivity (Wildman–Crippen MR) is 107 cm³/mol. The predicted octanol–water partition coefficient (Wildman–Crippen LogP) is 5.34. The maximum Gasteiger partial charge on any atom is 0.226 e. The SMILES string of the molecule is O=C1CCCC2=C1C(c1ccc(Cl)c(Cl)c1)n1nc(-c3cccs3)nc1N2. The number of fused-ring (bicyclic) bond motifs is 1. The molecular formula is C19H14Cl2N4OS. The lowest BCUT2D eigenvalue weighted by Crippen LogP contribution is -2.31. The maximum absolute atomic E-state index is 12.8. The second kappa shape index (κ2) is 6.48. The van der Waals surface area contributed by atoms with Gasteiger partial charge in [0, 0.05) is 17.7 Å². The molecule has 2 aliphatic rings. The fraction of sp³-hybridized carbons (Fsp3) is 0.211. The van der Waals surface area contributed by atoms with E-state index in [1.165, 1.54) is 0 Å². The van der Waals surface area contributed by atoms with Crippen molar-refractivity contribution in [3.8, 4) is 10.7 Å². The minimum atomic E-state index is -0.361. The second-order valence-corrected chi connectivity index (χ2v) is 8.31. The van der Waals surface area contributed by atoms with Gasteiger partial charge in [0.1, 0.15) is 6.04 Å². The summed E-state index contributed by atoms with van der Waals surface area (Å²) in [5.41, 5.74) is 2.55. The van der Waals surface area contributed by atoms with Crippen molar-refractivity contribution in [2.24, 2.45) is 0 Å². The van der Waals surface area contributed by atoms with Crippen molar-refractivity contribution in [2.45, 2.75) is 25.3 Å². The minimum absolute atomic E-state index is 0.138. The van der Waals surface area contributed by atoms with Crippen LogP contribution >= 0.6 is 34.5 Å². The third-order valence-electron chi connectivity index (χ3n) is 4.87. The number of Topliss-reactive ketones (excluding diaryl/α,β-unsaturated/α-hetero) is 1. The molecule has 1 unspecified atom stereocenters. The standard InChI is InChI=1S/C19H14Cl2N4OS/c20-11-7-6-10(9-12(11)21)17-16-13(3-1-4-14(16)26)22-19-23-18(24-25(17)19)15-5-2-8-27-15/h2,5-9,17H,1,3-4H2,(H,22,23,24). The molecular weight excluding hydrogens is 403 g/mol. The lowest BCUT2D eigenvalue weighted by atomic mass is 9.85. The van der Waals surface area contributed by atoms with Gasteiger partial charge in [0.15, 0.2) is 11.6 Å². The van der Waals surface area contributed by atoms with E-state index in [9.17, 15) is 4.79 Å². The minimum Gasteiger partial charge on any atom is -0.328 e. The van der Waals surface area contributed by atoms with Crippen LogP contribution in [0.2, 0.25) is 10.0 Å². The van der Waals surface area contributed by atoms with Crippen LogP contribution in [0.1, 0.15) is 30.9 Å². The molecule has 0 radical (unpaired) electrons. The van der Waals surface area contributed by atoms with E-state index in [4.69, 9.17) is 28.3 Å². The maximum atomic E-state index is 12.8. The van der Waals surface area contributed by atoms with E-state index < -0.39 is 0 Å². The molecule has 1 aliphatic carbocycles. The zero-order chi connectivity index (χ0) is 18.5. The molecule has 0 fully saturated rings. The summed E-state index contributed by atoms with van der Waals surface area (Å²) in [4.78, 5) is 18.4. The van der Waals surface area contributed by atoms with Crippen LogP contribution in [0.3, 0.4) is 0 Å². The van der Waals surface area contributed by atoms with Crippen LogP contribution in [0.15, 0.2) is 47.0 Å². The van der Waals surface area contributed by atoms with Gasteiger partial charge in [0.05, 0.1) is 14.9 Å². The number of carbonyl (C=O) groups excluding carboxylic acids is 1. The summed E-state index contributed by atoms with van der Waals surface area (Å²) in [5.74, 6) is 1.42. The van der Waals surface area contributed by atoms with Crippen molar-refractivity contribution in [2.75, 3.05) is 5.32 Å². The van der Waals surface area contributed by atoms with Gasteiger partial charge in [-0.1, -0.05) is 35.3 Å². The summed E-state index contributed by atoms with van der Waals surface area (Å²) >= 11 is 13.9. The van der Waals surface area contributed by atoms with Gasteiger partial charge in [-0.3, -0.25) is 4.79 Å². The van der Waals surface area contributed by atoms with E-state index in [1.54, 1.807) is 22.1 Å². The van der Waals surface area contributed by atoms with Crippen molar-refractivity contribution < 1.29 is 4.79 Å². The van der Waals surface area contributed by atoms with Crippen LogP contribution in [-0.4, -0.2) is 20.5 Å². The van der Waals surface area contributed by atoms with Gasteiger partial charge in [-0.2, -0.15) is 4.98 Å². The van der Waals surface area contributed by atoms with E-state index in [2.05, 4.69) is 10.3 Å². The molecule has 136 valence electrons. The molecule has 1 aliphatic heterocycles. The van der Waals surface area contributed by atoms with Crippen molar-refractivity contribution in [1.82, 2.24) is 14.8 Å². The molecule has 5 nitrogen and oxygen atoms in total. The third kappa shape index (κ3) is 2.79. The molecule has 5 rings (SSSR count). The molecule has 0 saturated heterocycles. The molecule has 2 aromatic heterocycles. The van der Waals surface area contributed by atoms with Crippen LogP contribution in [-0.2, 0) is 4.79 Å². The lowest BCUT2D eigenvalue weighted by molar-refractivity contribution is -0.116. The van der Waals surface area contributed by atoms with Gasteiger partial charge in [-0.05, 0) is 42.0 Å². The molecule has 1 N–H and O–H groups in total. The average molecular weight is 417 g/mol. The van der Waals surface area contributed by atoms with Crippen LogP contribution in [0.25, 0.3) is 10.7 Å². The molecule has 8 heteroatoms. The summed E-state index contributed by atoms with van der Waals surface area (Å²) in [6.45, 7) is 0. The van der Waals surface area contributed by atoms with Gasteiger partial charge >= 0.3 is 0 Å². The van der Waals surface area contributed by atoms with Crippen LogP contribution in [0, 0.1) is 0 Å². The quantitative estimate of drug-likeness (QED) is 0.612. The van der Waals surface area contributed by atoms with Gasteiger partial charge in [0.25, 0.3) is 0 Å². The summed E-state index contributed by atoms with van der Waals surface area (Å²) in [6.07, 6.45) is 2.20. The molecule has 3 aromatic rings. The number of rotatable bonds is 2. The first-order chi connectivity index (χ1) is 13.1. The second-order valence-electron chi connectivity index (χ2n) is 6.55. The van der Waals surface area contributed by atoms with Crippen LogP contribution < -0.4 is 5.32 Å². The Bertz CT molecular complexity index is 1090. The Kier molecular flexibility index (Phi) is 4.07. The molecule has 3 heterocycles. The number of nitrogens with zero attached hydrogens (tertiary/aromatic N) is 3. The summed E-state index contributed by atoms with van der Waals surface area (Å²) < 4.78 is 1.79. The summed E-state index contributed by atoms with van der Waals surface area (Å²) in [5, 5.41) is 11.0. The first kappa shape index (κ1) is 17.0. The number of allylic oxidation sites excluding steroid dienone is 2. The highest BCUT2D eigenvalue weighted by atomic mass is 35.5. The smallest absolute Gasteiger partial charge is 0.226 e. The highest BCUT2D eigenvalue weighted by molar-refractivity contribution is 7.13. The van der Waals surface area contributed by atoms with Crippen molar-refractivity contribution >= 4 is 46.3 Å². The zero-order valence-electron chi connectivity index (χ0n) is 14.1. The van der Waals surface area contributed by atoms with E-state index >= 15 is 0 Å². The fourth-order valence-electron chi connectivity index (χ4n) is 3.66. The van der Waals surface area contributed by atoms with E-state index in [0.29, 0.717) is 28.2 Å². The topological polar surface area (TPSA) is 59.8 Å². The van der Waals surface area contributed by atoms with Crippen molar-refractivity contribution in [1.29, 1.82) is 0 Å². The number of aromatic nitrogens is 3. The molecule has 0 bridgehead atoms. The van der Waals surface area contributed by atoms with E-state index in [0.717, 1.165) is 34.6 Å². The molecule has 1 atom stereocenters. The van der Waals surface area contributed by atoms with E-state index in [-0.39, 0.29) is 11.8 Å². The molecule has 1 aromatic carbocycles. The van der Waals surface area contributed by atoms with Crippen molar-refractivity contribution in [3.05, 3.63) is 62.6 Å². The lowest BCUT2D eigenvalue weighted by Gasteiger charge is -2.32. The Labute approximate surface area is 169 Å². The number of anilines is 1. The molecule has 0 saturated carbocycles. The summed E-state index contributed by atoms with van der Waals surface area (Å²) in [6, 6.07) is 9.05. The Morgan fingerprint density at radius 3 is 2.85 bits per heavy atom. The Hall–Kier alpha value is -2.15. The number of thiophene rings is 1. The number of halogens is 2. The largest absolute Gasteiger partial charge is 0.328 e. The number of ketones is 1. The number of hydrogen-bond donors (Lipinski definition) is 1. The van der Waals surface area contributed by atoms with E-state index in [1.807, 2.05) is 29.6 Å². The highest BCUT2D eigenvalue weighted by Gasteiger charge is 2.37. The number of nitrogens with one attached hydrogen (secondary N) is 1. The summed E-state index contributed by atoms with van der Waals surface area (Å²) in [7, 11) is 0. The first-order valence-electron chi connectivity index (χ1n) is 8.60. The Balaban J connectivity index is 1.71. The first-order valence-corrected chi connectivity index (χ1v) is 10.2. The van der Waals surface area contributed by atoms with Gasteiger partial charge in [0.2, 0.25) is 5.95 Å². The molecule has 27 heavy (non-hydrogen) atoms. The van der Waals surface area contributed by atoms with Gasteiger partial charge in [-0.15, -0.1) is 16.4 Å². The fourth-order valence-corrected chi connectivity index (χ4v) is 4.62. The van der Waals surface area contributed by atoms with Gasteiger partial charge in [-0.25, -0.2) is 4.68 Å². The Morgan fingerprint density at radius 1 is 1.19 bits per heavy atom. The van der Waals surface area contributed by atoms with Crippen LogP contribution in [0.5, 0.6) is 0 Å². The highest BCUT2D eigenvalue weighted by Crippen LogP contribution is 2.42. The normalized spacial score (nSPS) is 18.9. The molecule has 0 amide bonds. The number of hydrogen-bond acceptors (Lipinski definition) is 5. The number of benzene rings is 1. The zero-order valence-corrected chi connectivity index (χ0v) is 16.4. The van der Waals surface area contributed by atoms with Crippen LogP contribution in [0.4, 0.5) is 5.95 Å². The Morgan fingerprint density at radius 2 is 2.07 bits per heavy atom. The third-order valence-corrected chi connectivity index (χ3v) is 6.47. The molecule has 0 spiro atoms. The number of carbonyl (C=O) groups is 1.